The summed E-state index contributed by atoms with van der Waals surface area (Å²) in [4.78, 5) is 10.9. The lowest BCUT2D eigenvalue weighted by atomic mass is 9.92. The summed E-state index contributed by atoms with van der Waals surface area (Å²) in [5.74, 6) is 0. The van der Waals surface area contributed by atoms with Crippen LogP contribution in [0.5, 0.6) is 0 Å². The van der Waals surface area contributed by atoms with Gasteiger partial charge in [-0.3, -0.25) is 14.8 Å². The number of nitro groups is 1. The number of aromatic nitrogens is 2. The molecule has 1 heterocycles. The first-order valence-electron chi connectivity index (χ1n) is 7.02. The minimum atomic E-state index is -0.441. The Kier molecular flexibility index (Phi) is 4.19. The molecule has 0 aliphatic heterocycles. The van der Waals surface area contributed by atoms with Crippen LogP contribution < -0.4 is 0 Å². The SMILES string of the molecule is CCc1nn([C@@H]2CCCC[C@H]2O)c(CC)c1[N+](=O)[O-]. The topological polar surface area (TPSA) is 81.2 Å². The Morgan fingerprint density at radius 3 is 2.58 bits per heavy atom. The second kappa shape index (κ2) is 5.69. The summed E-state index contributed by atoms with van der Waals surface area (Å²) in [6, 6.07) is -0.109. The summed E-state index contributed by atoms with van der Waals surface area (Å²) >= 11 is 0. The van der Waals surface area contributed by atoms with Gasteiger partial charge in [0.2, 0.25) is 0 Å². The van der Waals surface area contributed by atoms with Crippen LogP contribution in [0, 0.1) is 10.1 Å². The zero-order valence-corrected chi connectivity index (χ0v) is 11.5. The first kappa shape index (κ1) is 14.0. The van der Waals surface area contributed by atoms with Crippen molar-refractivity contribution in [1.82, 2.24) is 9.78 Å². The Hall–Kier alpha value is -1.43. The van der Waals surface area contributed by atoms with E-state index in [0.717, 1.165) is 25.7 Å². The summed E-state index contributed by atoms with van der Waals surface area (Å²) in [5.41, 5.74) is 1.31. The second-order valence-corrected chi connectivity index (χ2v) is 5.07. The van der Waals surface area contributed by atoms with Crippen LogP contribution in [0.25, 0.3) is 0 Å². The number of hydrogen-bond acceptors (Lipinski definition) is 4. The molecular weight excluding hydrogens is 246 g/mol. The number of aryl methyl sites for hydroxylation is 1. The highest BCUT2D eigenvalue weighted by Gasteiger charge is 2.32. The van der Waals surface area contributed by atoms with Gasteiger partial charge in [-0.1, -0.05) is 26.7 Å². The van der Waals surface area contributed by atoms with Gasteiger partial charge in [0.15, 0.2) is 0 Å². The van der Waals surface area contributed by atoms with E-state index in [2.05, 4.69) is 5.10 Å². The molecule has 0 radical (unpaired) electrons. The number of rotatable bonds is 4. The zero-order valence-electron chi connectivity index (χ0n) is 11.5. The van der Waals surface area contributed by atoms with Crippen molar-refractivity contribution in [2.75, 3.05) is 0 Å². The molecule has 1 aromatic rings. The molecule has 0 aromatic carbocycles. The van der Waals surface area contributed by atoms with Crippen LogP contribution in [-0.4, -0.2) is 25.9 Å². The third-order valence-corrected chi connectivity index (χ3v) is 3.91. The van der Waals surface area contributed by atoms with Crippen molar-refractivity contribution in [2.45, 2.75) is 64.5 Å². The third kappa shape index (κ3) is 2.49. The van der Waals surface area contributed by atoms with Crippen LogP contribution >= 0.6 is 0 Å². The molecule has 1 fully saturated rings. The van der Waals surface area contributed by atoms with E-state index in [0.29, 0.717) is 24.2 Å². The van der Waals surface area contributed by atoms with Gasteiger partial charge in [-0.15, -0.1) is 0 Å². The van der Waals surface area contributed by atoms with Crippen LogP contribution in [0.4, 0.5) is 5.69 Å². The molecule has 6 nitrogen and oxygen atoms in total. The van der Waals surface area contributed by atoms with Gasteiger partial charge in [0.1, 0.15) is 11.4 Å². The van der Waals surface area contributed by atoms with Crippen molar-refractivity contribution in [3.8, 4) is 0 Å². The number of aliphatic hydroxyl groups excluding tert-OH is 1. The van der Waals surface area contributed by atoms with E-state index < -0.39 is 6.10 Å². The van der Waals surface area contributed by atoms with E-state index in [1.54, 1.807) is 4.68 Å². The summed E-state index contributed by atoms with van der Waals surface area (Å²) < 4.78 is 1.72. The fourth-order valence-electron chi connectivity index (χ4n) is 2.94. The smallest absolute Gasteiger partial charge is 0.313 e. The predicted octanol–water partition coefficient (Wildman–Crippen LogP) is 2.39. The summed E-state index contributed by atoms with van der Waals surface area (Å²) in [6.45, 7) is 3.77. The maximum Gasteiger partial charge on any atom is 0.313 e. The maximum atomic E-state index is 11.2. The number of hydrogen-bond donors (Lipinski definition) is 1. The Bertz CT molecular complexity index is 470. The molecule has 1 aromatic heterocycles. The highest BCUT2D eigenvalue weighted by molar-refractivity contribution is 5.41. The van der Waals surface area contributed by atoms with Crippen molar-refractivity contribution in [3.63, 3.8) is 0 Å². The van der Waals surface area contributed by atoms with Crippen LogP contribution in [0.3, 0.4) is 0 Å². The predicted molar refractivity (Wildman–Crippen MR) is 71.1 cm³/mol. The lowest BCUT2D eigenvalue weighted by molar-refractivity contribution is -0.386. The second-order valence-electron chi connectivity index (χ2n) is 5.07. The Morgan fingerprint density at radius 1 is 1.37 bits per heavy atom. The van der Waals surface area contributed by atoms with Gasteiger partial charge < -0.3 is 5.11 Å². The third-order valence-electron chi connectivity index (χ3n) is 3.91. The van der Waals surface area contributed by atoms with E-state index in [1.165, 1.54) is 0 Å². The fraction of sp³-hybridized carbons (Fsp3) is 0.769. The van der Waals surface area contributed by atoms with Crippen LogP contribution in [0.2, 0.25) is 0 Å². The molecule has 0 amide bonds. The normalized spacial score (nSPS) is 23.5. The largest absolute Gasteiger partial charge is 0.391 e. The number of aliphatic hydroxyl groups is 1. The van der Waals surface area contributed by atoms with Gasteiger partial charge in [-0.05, 0) is 25.7 Å². The molecule has 106 valence electrons. The lowest BCUT2D eigenvalue weighted by Gasteiger charge is -2.28. The molecule has 6 heteroatoms. The van der Waals surface area contributed by atoms with Crippen LogP contribution in [0.1, 0.15) is 57.0 Å². The van der Waals surface area contributed by atoms with E-state index in [1.807, 2.05) is 13.8 Å². The molecule has 1 aliphatic rings. The highest BCUT2D eigenvalue weighted by atomic mass is 16.6. The summed E-state index contributed by atoms with van der Waals surface area (Å²) in [7, 11) is 0. The minimum absolute atomic E-state index is 0.109. The fourth-order valence-corrected chi connectivity index (χ4v) is 2.94. The van der Waals surface area contributed by atoms with Gasteiger partial charge in [-0.2, -0.15) is 5.10 Å². The molecule has 0 unspecified atom stereocenters. The van der Waals surface area contributed by atoms with E-state index in [4.69, 9.17) is 0 Å². The van der Waals surface area contributed by atoms with Crippen molar-refractivity contribution < 1.29 is 10.0 Å². The van der Waals surface area contributed by atoms with Crippen molar-refractivity contribution in [3.05, 3.63) is 21.5 Å². The van der Waals surface area contributed by atoms with E-state index in [-0.39, 0.29) is 16.7 Å². The summed E-state index contributed by atoms with van der Waals surface area (Å²) in [5, 5.41) is 25.8. The van der Waals surface area contributed by atoms with Gasteiger partial charge in [0.25, 0.3) is 0 Å². The lowest BCUT2D eigenvalue weighted by Crippen LogP contribution is -2.29. The van der Waals surface area contributed by atoms with Gasteiger partial charge in [0.05, 0.1) is 17.1 Å². The summed E-state index contributed by atoms with van der Waals surface area (Å²) in [6.07, 6.45) is 4.32. The molecule has 1 aliphatic carbocycles. The van der Waals surface area contributed by atoms with Gasteiger partial charge >= 0.3 is 5.69 Å². The van der Waals surface area contributed by atoms with Crippen molar-refractivity contribution >= 4 is 5.69 Å². The average molecular weight is 267 g/mol. The molecule has 1 N–H and O–H groups in total. The van der Waals surface area contributed by atoms with Crippen LogP contribution in [0.15, 0.2) is 0 Å². The molecule has 2 atom stereocenters. The van der Waals surface area contributed by atoms with Gasteiger partial charge in [0, 0.05) is 0 Å². The Labute approximate surface area is 112 Å². The molecule has 19 heavy (non-hydrogen) atoms. The quantitative estimate of drug-likeness (QED) is 0.671. The molecule has 0 bridgehead atoms. The Balaban J connectivity index is 2.47. The average Bonchev–Trinajstić information content (AvgIpc) is 2.77. The van der Waals surface area contributed by atoms with Gasteiger partial charge in [-0.25, -0.2) is 0 Å². The standard InChI is InChI=1S/C13H21N3O3/c1-3-9-13(16(18)19)10(4-2)15(14-9)11-7-5-6-8-12(11)17/h11-12,17H,3-8H2,1-2H3/t11-,12-/m1/s1. The monoisotopic (exact) mass is 267 g/mol. The number of nitrogens with zero attached hydrogens (tertiary/aromatic N) is 3. The first-order chi connectivity index (χ1) is 9.10. The molecule has 2 rings (SSSR count). The van der Waals surface area contributed by atoms with E-state index in [9.17, 15) is 15.2 Å². The Morgan fingerprint density at radius 2 is 2.05 bits per heavy atom. The molecule has 0 saturated heterocycles. The maximum absolute atomic E-state index is 11.2. The van der Waals surface area contributed by atoms with Crippen LogP contribution in [-0.2, 0) is 12.8 Å². The highest BCUT2D eigenvalue weighted by Crippen LogP contribution is 2.34. The van der Waals surface area contributed by atoms with E-state index >= 15 is 0 Å². The first-order valence-corrected chi connectivity index (χ1v) is 7.02. The molecule has 0 spiro atoms. The zero-order chi connectivity index (χ0) is 14.0. The van der Waals surface area contributed by atoms with Crippen molar-refractivity contribution in [2.24, 2.45) is 0 Å². The molecule has 1 saturated carbocycles. The minimum Gasteiger partial charge on any atom is -0.391 e. The van der Waals surface area contributed by atoms with Crippen molar-refractivity contribution in [1.29, 1.82) is 0 Å². The molecular formula is C13H21N3O3.